The zero-order valence-corrected chi connectivity index (χ0v) is 9.48. The van der Waals surface area contributed by atoms with Crippen LogP contribution in [-0.4, -0.2) is 39.0 Å². The Kier molecular flexibility index (Phi) is 3.07. The van der Waals surface area contributed by atoms with Gasteiger partial charge in [-0.2, -0.15) is 5.10 Å². The first kappa shape index (κ1) is 10.6. The van der Waals surface area contributed by atoms with Crippen molar-refractivity contribution < 1.29 is 5.11 Å². The van der Waals surface area contributed by atoms with E-state index in [1.807, 2.05) is 18.7 Å². The average molecular weight is 209 g/mol. The van der Waals surface area contributed by atoms with Gasteiger partial charge in [-0.1, -0.05) is 0 Å². The number of aliphatic hydroxyl groups excluding tert-OH is 1. The van der Waals surface area contributed by atoms with Crippen molar-refractivity contribution in [2.75, 3.05) is 13.1 Å². The molecule has 0 aliphatic carbocycles. The first-order chi connectivity index (χ1) is 7.15. The molecule has 0 aromatic carbocycles. The summed E-state index contributed by atoms with van der Waals surface area (Å²) in [6.45, 7) is 4.79. The van der Waals surface area contributed by atoms with Crippen LogP contribution in [0.15, 0.2) is 6.07 Å². The van der Waals surface area contributed by atoms with Gasteiger partial charge >= 0.3 is 0 Å². The fraction of sp³-hybridized carbons (Fsp3) is 0.727. The van der Waals surface area contributed by atoms with E-state index in [0.717, 1.165) is 38.2 Å². The van der Waals surface area contributed by atoms with E-state index < -0.39 is 0 Å². The molecular weight excluding hydrogens is 190 g/mol. The molecule has 0 radical (unpaired) electrons. The highest BCUT2D eigenvalue weighted by Crippen LogP contribution is 2.13. The molecule has 4 nitrogen and oxygen atoms in total. The van der Waals surface area contributed by atoms with E-state index in [2.05, 4.69) is 16.1 Å². The van der Waals surface area contributed by atoms with Gasteiger partial charge in [0.15, 0.2) is 0 Å². The van der Waals surface area contributed by atoms with E-state index in [1.165, 1.54) is 5.69 Å². The van der Waals surface area contributed by atoms with Crippen molar-refractivity contribution in [2.45, 2.75) is 32.4 Å². The Bertz CT molecular complexity index is 335. The van der Waals surface area contributed by atoms with Crippen LogP contribution in [0.2, 0.25) is 0 Å². The molecule has 15 heavy (non-hydrogen) atoms. The summed E-state index contributed by atoms with van der Waals surface area (Å²) in [5.41, 5.74) is 2.28. The zero-order chi connectivity index (χ0) is 10.8. The van der Waals surface area contributed by atoms with Crippen molar-refractivity contribution in [3.05, 3.63) is 17.5 Å². The Labute approximate surface area is 90.5 Å². The standard InChI is InChI=1S/C11H19N3O/c1-9-6-10(13(2)12-9)7-14-5-3-4-11(15)8-14/h6,11,15H,3-5,7-8H2,1-2H3. The number of likely N-dealkylation sites (tertiary alicyclic amines) is 1. The molecule has 1 atom stereocenters. The zero-order valence-electron chi connectivity index (χ0n) is 9.48. The van der Waals surface area contributed by atoms with Crippen molar-refractivity contribution in [1.82, 2.24) is 14.7 Å². The van der Waals surface area contributed by atoms with Gasteiger partial charge in [-0.05, 0) is 32.4 Å². The summed E-state index contributed by atoms with van der Waals surface area (Å²) in [7, 11) is 1.97. The largest absolute Gasteiger partial charge is 0.392 e. The predicted molar refractivity (Wildman–Crippen MR) is 58.5 cm³/mol. The van der Waals surface area contributed by atoms with Crippen molar-refractivity contribution in [1.29, 1.82) is 0 Å². The van der Waals surface area contributed by atoms with Crippen LogP contribution in [0.1, 0.15) is 24.2 Å². The third kappa shape index (κ3) is 2.58. The lowest BCUT2D eigenvalue weighted by molar-refractivity contribution is 0.0656. The molecule has 2 heterocycles. The molecule has 0 saturated carbocycles. The summed E-state index contributed by atoms with van der Waals surface area (Å²) < 4.78 is 1.93. The SMILES string of the molecule is Cc1cc(CN2CCCC(O)C2)n(C)n1. The van der Waals surface area contributed by atoms with Gasteiger partial charge in [-0.3, -0.25) is 9.58 Å². The van der Waals surface area contributed by atoms with Crippen LogP contribution in [0.5, 0.6) is 0 Å². The minimum atomic E-state index is -0.145. The summed E-state index contributed by atoms with van der Waals surface area (Å²) in [6, 6.07) is 2.11. The van der Waals surface area contributed by atoms with Crippen LogP contribution < -0.4 is 0 Å². The monoisotopic (exact) mass is 209 g/mol. The van der Waals surface area contributed by atoms with Crippen LogP contribution in [0.4, 0.5) is 0 Å². The number of nitrogens with zero attached hydrogens (tertiary/aromatic N) is 3. The molecule has 1 aromatic heterocycles. The second kappa shape index (κ2) is 4.33. The van der Waals surface area contributed by atoms with Crippen LogP contribution in [0, 0.1) is 6.92 Å². The summed E-state index contributed by atoms with van der Waals surface area (Å²) in [6.07, 6.45) is 1.90. The number of piperidine rings is 1. The molecule has 1 aliphatic rings. The molecule has 84 valence electrons. The Hall–Kier alpha value is -0.870. The van der Waals surface area contributed by atoms with Crippen LogP contribution >= 0.6 is 0 Å². The minimum Gasteiger partial charge on any atom is -0.392 e. The van der Waals surface area contributed by atoms with Crippen molar-refractivity contribution in [3.63, 3.8) is 0 Å². The number of rotatable bonds is 2. The molecule has 1 aliphatic heterocycles. The third-order valence-electron chi connectivity index (χ3n) is 2.97. The number of aromatic nitrogens is 2. The number of hydrogen-bond donors (Lipinski definition) is 1. The van der Waals surface area contributed by atoms with E-state index in [4.69, 9.17) is 0 Å². The van der Waals surface area contributed by atoms with Gasteiger partial charge < -0.3 is 5.11 Å². The van der Waals surface area contributed by atoms with Crippen molar-refractivity contribution in [3.8, 4) is 0 Å². The van der Waals surface area contributed by atoms with Gasteiger partial charge in [-0.15, -0.1) is 0 Å². The Morgan fingerprint density at radius 1 is 1.60 bits per heavy atom. The molecule has 2 rings (SSSR count). The molecule has 0 amide bonds. The van der Waals surface area contributed by atoms with E-state index >= 15 is 0 Å². The summed E-state index contributed by atoms with van der Waals surface area (Å²) in [5, 5.41) is 13.9. The lowest BCUT2D eigenvalue weighted by Gasteiger charge is -2.29. The average Bonchev–Trinajstić information content (AvgIpc) is 2.45. The molecule has 1 fully saturated rings. The van der Waals surface area contributed by atoms with E-state index in [1.54, 1.807) is 0 Å². The highest BCUT2D eigenvalue weighted by molar-refractivity contribution is 5.08. The second-order valence-corrected chi connectivity index (χ2v) is 4.43. The first-order valence-electron chi connectivity index (χ1n) is 5.55. The number of aliphatic hydroxyl groups is 1. The normalized spacial score (nSPS) is 23.3. The summed E-state index contributed by atoms with van der Waals surface area (Å²) in [4.78, 5) is 2.30. The van der Waals surface area contributed by atoms with Crippen LogP contribution in [-0.2, 0) is 13.6 Å². The first-order valence-corrected chi connectivity index (χ1v) is 5.55. The third-order valence-corrected chi connectivity index (χ3v) is 2.97. The number of β-amino-alcohol motifs (C(OH)–C–C–N with tert-alkyl or cyclic N) is 1. The molecule has 1 unspecified atom stereocenters. The van der Waals surface area contributed by atoms with Crippen molar-refractivity contribution >= 4 is 0 Å². The van der Waals surface area contributed by atoms with Gasteiger partial charge in [0.2, 0.25) is 0 Å². The Balaban J connectivity index is 1.99. The Morgan fingerprint density at radius 3 is 3.00 bits per heavy atom. The highest BCUT2D eigenvalue weighted by atomic mass is 16.3. The van der Waals surface area contributed by atoms with Gasteiger partial charge in [0.25, 0.3) is 0 Å². The van der Waals surface area contributed by atoms with Crippen molar-refractivity contribution in [2.24, 2.45) is 7.05 Å². The quantitative estimate of drug-likeness (QED) is 0.779. The number of hydrogen-bond acceptors (Lipinski definition) is 3. The van der Waals surface area contributed by atoms with Crippen LogP contribution in [0.25, 0.3) is 0 Å². The van der Waals surface area contributed by atoms with E-state index in [0.29, 0.717) is 0 Å². The fourth-order valence-electron chi connectivity index (χ4n) is 2.22. The van der Waals surface area contributed by atoms with Gasteiger partial charge in [0.1, 0.15) is 0 Å². The lowest BCUT2D eigenvalue weighted by atomic mass is 10.1. The maximum absolute atomic E-state index is 9.57. The molecule has 1 aromatic rings. The molecule has 1 saturated heterocycles. The summed E-state index contributed by atoms with van der Waals surface area (Å²) in [5.74, 6) is 0. The van der Waals surface area contributed by atoms with Gasteiger partial charge in [0.05, 0.1) is 17.5 Å². The van der Waals surface area contributed by atoms with Gasteiger partial charge in [-0.25, -0.2) is 0 Å². The van der Waals surface area contributed by atoms with Crippen LogP contribution in [0.3, 0.4) is 0 Å². The second-order valence-electron chi connectivity index (χ2n) is 4.43. The van der Waals surface area contributed by atoms with E-state index in [-0.39, 0.29) is 6.10 Å². The smallest absolute Gasteiger partial charge is 0.0667 e. The highest BCUT2D eigenvalue weighted by Gasteiger charge is 2.18. The fourth-order valence-corrected chi connectivity index (χ4v) is 2.22. The molecule has 4 heteroatoms. The topological polar surface area (TPSA) is 41.3 Å². The Morgan fingerprint density at radius 2 is 2.40 bits per heavy atom. The molecular formula is C11H19N3O. The number of aryl methyl sites for hydroxylation is 2. The van der Waals surface area contributed by atoms with E-state index in [9.17, 15) is 5.11 Å². The summed E-state index contributed by atoms with van der Waals surface area (Å²) >= 11 is 0. The minimum absolute atomic E-state index is 0.145. The molecule has 1 N–H and O–H groups in total. The lowest BCUT2D eigenvalue weighted by Crippen LogP contribution is -2.38. The predicted octanol–water partition coefficient (Wildman–Crippen LogP) is 0.685. The molecule has 0 spiro atoms. The maximum Gasteiger partial charge on any atom is 0.0667 e. The maximum atomic E-state index is 9.57. The molecule has 0 bridgehead atoms. The van der Waals surface area contributed by atoms with Gasteiger partial charge in [0, 0.05) is 20.1 Å².